The molecular formula is C24H21ClFN5O2S. The van der Waals surface area contributed by atoms with E-state index in [1.807, 2.05) is 18.2 Å². The lowest BCUT2D eigenvalue weighted by atomic mass is 10.1. The summed E-state index contributed by atoms with van der Waals surface area (Å²) in [7, 11) is 0. The maximum atomic E-state index is 13.5. The molecule has 0 saturated carbocycles. The molecule has 0 radical (unpaired) electrons. The first-order valence-corrected chi connectivity index (χ1v) is 12.1. The minimum atomic E-state index is -0.435. The van der Waals surface area contributed by atoms with Crippen LogP contribution in [-0.2, 0) is 17.9 Å². The number of hydrogen-bond acceptors (Lipinski definition) is 6. The van der Waals surface area contributed by atoms with Crippen LogP contribution in [0.5, 0.6) is 0 Å². The average Bonchev–Trinajstić information content (AvgIpc) is 3.51. The van der Waals surface area contributed by atoms with Gasteiger partial charge in [-0.15, -0.1) is 0 Å². The molecule has 1 aliphatic rings. The van der Waals surface area contributed by atoms with E-state index in [0.29, 0.717) is 21.0 Å². The molecule has 10 heteroatoms. The first kappa shape index (κ1) is 22.5. The van der Waals surface area contributed by atoms with E-state index in [1.54, 1.807) is 18.2 Å². The Bertz CT molecular complexity index is 1410. The number of nitrogens with zero attached hydrogens (tertiary/aromatic N) is 4. The Kier molecular flexibility index (Phi) is 6.30. The second-order valence-electron chi connectivity index (χ2n) is 8.05. The molecule has 0 atom stereocenters. The van der Waals surface area contributed by atoms with E-state index in [4.69, 9.17) is 11.6 Å². The fraction of sp³-hybridized carbons (Fsp3) is 0.250. The van der Waals surface area contributed by atoms with E-state index in [0.717, 1.165) is 41.3 Å². The largest absolute Gasteiger partial charge is 0.350 e. The Balaban J connectivity index is 1.50. The van der Waals surface area contributed by atoms with Gasteiger partial charge < -0.3 is 10.2 Å². The number of halogens is 2. The van der Waals surface area contributed by atoms with Crippen LogP contribution in [0.3, 0.4) is 0 Å². The van der Waals surface area contributed by atoms with Gasteiger partial charge in [0.25, 0.3) is 5.56 Å². The van der Waals surface area contributed by atoms with Crippen LogP contribution in [0.1, 0.15) is 18.4 Å². The second-order valence-corrected chi connectivity index (χ2v) is 9.44. The van der Waals surface area contributed by atoms with Crippen LogP contribution >= 0.6 is 22.9 Å². The van der Waals surface area contributed by atoms with Gasteiger partial charge in [0.1, 0.15) is 18.1 Å². The molecular weight excluding hydrogens is 477 g/mol. The van der Waals surface area contributed by atoms with Crippen molar-refractivity contribution in [1.29, 1.82) is 0 Å². The van der Waals surface area contributed by atoms with Gasteiger partial charge >= 0.3 is 0 Å². The summed E-state index contributed by atoms with van der Waals surface area (Å²) >= 11 is 7.56. The number of hydrogen-bond donors (Lipinski definition) is 1. The molecule has 1 saturated heterocycles. The molecule has 3 heterocycles. The zero-order valence-electron chi connectivity index (χ0n) is 18.1. The predicted octanol–water partition coefficient (Wildman–Crippen LogP) is 4.23. The lowest BCUT2D eigenvalue weighted by Crippen LogP contribution is -2.33. The summed E-state index contributed by atoms with van der Waals surface area (Å²) in [6, 6.07) is 13.1. The number of fused-ring (bicyclic) bond motifs is 1. The monoisotopic (exact) mass is 497 g/mol. The van der Waals surface area contributed by atoms with Gasteiger partial charge in [0.2, 0.25) is 5.91 Å². The van der Waals surface area contributed by atoms with Crippen LogP contribution in [0.2, 0.25) is 5.02 Å². The molecule has 4 aromatic rings. The number of amides is 1. The van der Waals surface area contributed by atoms with Gasteiger partial charge in [0, 0.05) is 30.2 Å². The zero-order chi connectivity index (χ0) is 23.7. The molecule has 5 rings (SSSR count). The normalized spacial score (nSPS) is 13.5. The van der Waals surface area contributed by atoms with Crippen LogP contribution < -0.4 is 15.8 Å². The molecule has 2 aromatic carbocycles. The molecule has 0 bridgehead atoms. The van der Waals surface area contributed by atoms with Crippen molar-refractivity contribution >= 4 is 44.2 Å². The third-order valence-electron chi connectivity index (χ3n) is 5.71. The average molecular weight is 498 g/mol. The number of aromatic nitrogens is 3. The lowest BCUT2D eigenvalue weighted by molar-refractivity contribution is -0.122. The van der Waals surface area contributed by atoms with Crippen molar-refractivity contribution in [3.63, 3.8) is 0 Å². The summed E-state index contributed by atoms with van der Waals surface area (Å²) in [6.07, 6.45) is 2.16. The lowest BCUT2D eigenvalue weighted by Gasteiger charge is -2.11. The Morgan fingerprint density at radius 1 is 1.12 bits per heavy atom. The Morgan fingerprint density at radius 3 is 2.59 bits per heavy atom. The van der Waals surface area contributed by atoms with Gasteiger partial charge in [-0.3, -0.25) is 9.59 Å². The highest BCUT2D eigenvalue weighted by atomic mass is 35.5. The maximum Gasteiger partial charge on any atom is 0.294 e. The van der Waals surface area contributed by atoms with Crippen molar-refractivity contribution in [2.45, 2.75) is 25.9 Å². The smallest absolute Gasteiger partial charge is 0.294 e. The van der Waals surface area contributed by atoms with Crippen molar-refractivity contribution in [2.24, 2.45) is 0 Å². The third-order valence-corrected chi connectivity index (χ3v) is 7.20. The van der Waals surface area contributed by atoms with E-state index in [2.05, 4.69) is 20.3 Å². The molecule has 1 amide bonds. The molecule has 0 unspecified atom stereocenters. The summed E-state index contributed by atoms with van der Waals surface area (Å²) < 4.78 is 15.3. The van der Waals surface area contributed by atoms with E-state index in [-0.39, 0.29) is 30.3 Å². The van der Waals surface area contributed by atoms with Crippen molar-refractivity contribution < 1.29 is 9.18 Å². The number of nitrogens with one attached hydrogen (secondary N) is 1. The summed E-state index contributed by atoms with van der Waals surface area (Å²) in [5.41, 5.74) is 1.75. The van der Waals surface area contributed by atoms with Gasteiger partial charge in [-0.1, -0.05) is 41.1 Å². The first-order chi connectivity index (χ1) is 16.5. The number of anilines is 1. The van der Waals surface area contributed by atoms with Crippen LogP contribution in [0.25, 0.3) is 21.5 Å². The predicted molar refractivity (Wildman–Crippen MR) is 132 cm³/mol. The van der Waals surface area contributed by atoms with Crippen LogP contribution in [-0.4, -0.2) is 33.8 Å². The highest BCUT2D eigenvalue weighted by molar-refractivity contribution is 7.22. The van der Waals surface area contributed by atoms with E-state index in [9.17, 15) is 14.0 Å². The SMILES string of the molecule is O=C(Cn1nc(-c2ccc(F)cc2)c2sc(N3CCCC3)nc2c1=O)NCc1ccccc1Cl. The maximum absolute atomic E-state index is 13.5. The van der Waals surface area contributed by atoms with Crippen LogP contribution in [0.4, 0.5) is 9.52 Å². The summed E-state index contributed by atoms with van der Waals surface area (Å²) in [6.45, 7) is 1.73. The van der Waals surface area contributed by atoms with Gasteiger partial charge in [-0.05, 0) is 48.7 Å². The van der Waals surface area contributed by atoms with Gasteiger partial charge in [0.15, 0.2) is 10.6 Å². The molecule has 1 aliphatic heterocycles. The Hall–Kier alpha value is -3.30. The number of benzene rings is 2. The second kappa shape index (κ2) is 9.52. The number of thiazole rings is 1. The van der Waals surface area contributed by atoms with Crippen molar-refractivity contribution in [2.75, 3.05) is 18.0 Å². The molecule has 174 valence electrons. The van der Waals surface area contributed by atoms with Crippen molar-refractivity contribution in [1.82, 2.24) is 20.1 Å². The molecule has 1 fully saturated rings. The highest BCUT2D eigenvalue weighted by Gasteiger charge is 2.22. The fourth-order valence-corrected chi connectivity index (χ4v) is 5.24. The molecule has 2 aromatic heterocycles. The summed E-state index contributed by atoms with van der Waals surface area (Å²) in [4.78, 5) is 32.7. The summed E-state index contributed by atoms with van der Waals surface area (Å²) in [5, 5.41) is 8.59. The van der Waals surface area contributed by atoms with E-state index in [1.165, 1.54) is 23.5 Å². The molecule has 0 aliphatic carbocycles. The standard InChI is InChI=1S/C24H21ClFN5O2S/c25-18-6-2-1-5-16(18)13-27-19(32)14-31-23(33)21-22(34-24(28-21)30-11-3-4-12-30)20(29-31)15-7-9-17(26)10-8-15/h1-2,5-10H,3-4,11-14H2,(H,27,32). The Labute approximate surface area is 203 Å². The molecule has 1 N–H and O–H groups in total. The van der Waals surface area contributed by atoms with Crippen molar-refractivity contribution in [3.8, 4) is 11.3 Å². The minimum absolute atomic E-state index is 0.232. The van der Waals surface area contributed by atoms with E-state index >= 15 is 0 Å². The minimum Gasteiger partial charge on any atom is -0.350 e. The van der Waals surface area contributed by atoms with Crippen molar-refractivity contribution in [3.05, 3.63) is 75.3 Å². The highest BCUT2D eigenvalue weighted by Crippen LogP contribution is 2.35. The molecule has 0 spiro atoms. The molecule has 34 heavy (non-hydrogen) atoms. The quantitative estimate of drug-likeness (QED) is 0.431. The van der Waals surface area contributed by atoms with Gasteiger partial charge in [-0.2, -0.15) is 5.10 Å². The Morgan fingerprint density at radius 2 is 1.85 bits per heavy atom. The first-order valence-electron chi connectivity index (χ1n) is 10.9. The number of carbonyl (C=O) groups is 1. The number of rotatable bonds is 6. The van der Waals surface area contributed by atoms with E-state index < -0.39 is 5.56 Å². The zero-order valence-corrected chi connectivity index (χ0v) is 19.7. The fourth-order valence-electron chi connectivity index (χ4n) is 3.92. The van der Waals surface area contributed by atoms with Gasteiger partial charge in [-0.25, -0.2) is 14.1 Å². The topological polar surface area (TPSA) is 80.1 Å². The number of carbonyl (C=O) groups excluding carboxylic acids is 1. The third kappa shape index (κ3) is 4.53. The molecule has 7 nitrogen and oxygen atoms in total. The van der Waals surface area contributed by atoms with Gasteiger partial charge in [0.05, 0.1) is 4.70 Å². The summed E-state index contributed by atoms with van der Waals surface area (Å²) in [5.74, 6) is -0.747. The van der Waals surface area contributed by atoms with Crippen LogP contribution in [0, 0.1) is 5.82 Å². The van der Waals surface area contributed by atoms with Crippen LogP contribution in [0.15, 0.2) is 53.3 Å².